The van der Waals surface area contributed by atoms with Gasteiger partial charge in [0.1, 0.15) is 0 Å². The Kier molecular flexibility index (Phi) is 5.17. The maximum atomic E-state index is 12.8. The van der Waals surface area contributed by atoms with E-state index >= 15 is 0 Å². The highest BCUT2D eigenvalue weighted by molar-refractivity contribution is 7.92. The predicted octanol–water partition coefficient (Wildman–Crippen LogP) is 3.75. The minimum atomic E-state index is -3.69. The number of benzene rings is 2. The lowest BCUT2D eigenvalue weighted by molar-refractivity contribution is 0.601. The molecule has 0 amide bonds. The molecule has 4 rings (SSSR count). The fourth-order valence-corrected chi connectivity index (χ4v) is 4.48. The highest BCUT2D eigenvalue weighted by Crippen LogP contribution is 2.23. The number of aryl methyl sites for hydroxylation is 2. The smallest absolute Gasteiger partial charge is 0.262 e. The van der Waals surface area contributed by atoms with Gasteiger partial charge in [0.2, 0.25) is 0 Å². The molecule has 0 bridgehead atoms. The predicted molar refractivity (Wildman–Crippen MR) is 117 cm³/mol. The van der Waals surface area contributed by atoms with E-state index in [1.54, 1.807) is 37.1 Å². The van der Waals surface area contributed by atoms with Gasteiger partial charge in [0.15, 0.2) is 0 Å². The number of nitrogens with one attached hydrogen (secondary N) is 1. The molecule has 0 unspecified atom stereocenters. The van der Waals surface area contributed by atoms with E-state index in [1.807, 2.05) is 60.2 Å². The fraction of sp³-hybridized carbons (Fsp3) is 0.182. The summed E-state index contributed by atoms with van der Waals surface area (Å²) in [6.07, 6.45) is 3.76. The van der Waals surface area contributed by atoms with Crippen molar-refractivity contribution < 1.29 is 8.42 Å². The van der Waals surface area contributed by atoms with Crippen molar-refractivity contribution in [1.29, 1.82) is 0 Å². The van der Waals surface area contributed by atoms with Gasteiger partial charge in [-0.25, -0.2) is 13.4 Å². The maximum Gasteiger partial charge on any atom is 0.262 e. The van der Waals surface area contributed by atoms with Gasteiger partial charge in [-0.05, 0) is 31.5 Å². The van der Waals surface area contributed by atoms with Crippen LogP contribution in [0.2, 0.25) is 0 Å². The molecule has 0 aliphatic heterocycles. The van der Waals surface area contributed by atoms with Crippen LogP contribution < -0.4 is 4.72 Å². The van der Waals surface area contributed by atoms with Crippen molar-refractivity contribution in [3.8, 4) is 11.3 Å². The van der Waals surface area contributed by atoms with Gasteiger partial charge in [0.25, 0.3) is 10.0 Å². The molecule has 0 atom stereocenters. The van der Waals surface area contributed by atoms with Gasteiger partial charge in [-0.3, -0.25) is 9.40 Å². The summed E-state index contributed by atoms with van der Waals surface area (Å²) < 4.78 is 31.9. The molecule has 2 heterocycles. The average molecular weight is 422 g/mol. The Morgan fingerprint density at radius 3 is 2.33 bits per heavy atom. The minimum absolute atomic E-state index is 0.213. The van der Waals surface area contributed by atoms with Crippen molar-refractivity contribution in [2.75, 3.05) is 4.72 Å². The summed E-state index contributed by atoms with van der Waals surface area (Å²) in [6.45, 7) is 4.22. The molecule has 8 heteroatoms. The van der Waals surface area contributed by atoms with Gasteiger partial charge in [-0.1, -0.05) is 42.5 Å². The maximum absolute atomic E-state index is 12.8. The SMILES string of the molecule is Cc1nn(C)c(C)c1NS(=O)(=O)c1ccc(Cn2cnc(-c3ccccc3)c2)cc1. The molecular formula is C22H23N5O2S. The van der Waals surface area contributed by atoms with Gasteiger partial charge in [0, 0.05) is 25.4 Å². The molecule has 1 N–H and O–H groups in total. The zero-order chi connectivity index (χ0) is 21.3. The first-order valence-corrected chi connectivity index (χ1v) is 11.0. The number of anilines is 1. The lowest BCUT2D eigenvalue weighted by Gasteiger charge is -2.09. The van der Waals surface area contributed by atoms with Gasteiger partial charge in [-0.2, -0.15) is 5.10 Å². The van der Waals surface area contributed by atoms with Crippen LogP contribution in [0.25, 0.3) is 11.3 Å². The largest absolute Gasteiger partial charge is 0.332 e. The van der Waals surface area contributed by atoms with E-state index in [1.165, 1.54) is 0 Å². The second-order valence-electron chi connectivity index (χ2n) is 7.22. The third kappa shape index (κ3) is 3.99. The molecular weight excluding hydrogens is 398 g/mol. The summed E-state index contributed by atoms with van der Waals surface area (Å²) >= 11 is 0. The van der Waals surface area contributed by atoms with Crippen LogP contribution in [0.4, 0.5) is 5.69 Å². The highest BCUT2D eigenvalue weighted by atomic mass is 32.2. The van der Waals surface area contributed by atoms with Crippen LogP contribution in [0.3, 0.4) is 0 Å². The van der Waals surface area contributed by atoms with Gasteiger partial charge < -0.3 is 4.57 Å². The van der Waals surface area contributed by atoms with E-state index in [2.05, 4.69) is 14.8 Å². The van der Waals surface area contributed by atoms with Crippen molar-refractivity contribution >= 4 is 15.7 Å². The van der Waals surface area contributed by atoms with Crippen molar-refractivity contribution in [2.45, 2.75) is 25.3 Å². The molecule has 0 saturated carbocycles. The van der Waals surface area contributed by atoms with Crippen LogP contribution in [-0.4, -0.2) is 27.7 Å². The lowest BCUT2D eigenvalue weighted by Crippen LogP contribution is -2.14. The topological polar surface area (TPSA) is 81.8 Å². The molecule has 4 aromatic rings. The normalized spacial score (nSPS) is 11.6. The average Bonchev–Trinajstić information content (AvgIpc) is 3.29. The summed E-state index contributed by atoms with van der Waals surface area (Å²) in [6, 6.07) is 16.9. The first-order valence-electron chi connectivity index (χ1n) is 9.52. The molecule has 0 aliphatic rings. The summed E-state index contributed by atoms with van der Waals surface area (Å²) in [7, 11) is -1.90. The van der Waals surface area contributed by atoms with Crippen molar-refractivity contribution in [1.82, 2.24) is 19.3 Å². The second kappa shape index (κ2) is 7.79. The van der Waals surface area contributed by atoms with Gasteiger partial charge in [0.05, 0.1) is 34.0 Å². The summed E-state index contributed by atoms with van der Waals surface area (Å²) in [5.41, 5.74) is 4.88. The Bertz CT molecular complexity index is 1270. The van der Waals surface area contributed by atoms with Gasteiger partial charge >= 0.3 is 0 Å². The molecule has 0 fully saturated rings. The summed E-state index contributed by atoms with van der Waals surface area (Å²) in [5, 5.41) is 4.25. The molecule has 2 aromatic heterocycles. The van der Waals surface area contributed by atoms with Crippen LogP contribution in [0.15, 0.2) is 72.0 Å². The Morgan fingerprint density at radius 1 is 1.00 bits per heavy atom. The number of hydrogen-bond donors (Lipinski definition) is 1. The van der Waals surface area contributed by atoms with Crippen LogP contribution in [0.5, 0.6) is 0 Å². The van der Waals surface area contributed by atoms with E-state index in [-0.39, 0.29) is 4.90 Å². The van der Waals surface area contributed by atoms with Crippen LogP contribution >= 0.6 is 0 Å². The van der Waals surface area contributed by atoms with Crippen molar-refractivity contribution in [3.05, 3.63) is 84.1 Å². The van der Waals surface area contributed by atoms with E-state index < -0.39 is 10.0 Å². The van der Waals surface area contributed by atoms with Crippen molar-refractivity contribution in [3.63, 3.8) is 0 Å². The van der Waals surface area contributed by atoms with Crippen LogP contribution in [-0.2, 0) is 23.6 Å². The number of rotatable bonds is 6. The Balaban J connectivity index is 1.49. The number of nitrogens with zero attached hydrogens (tertiary/aromatic N) is 4. The van der Waals surface area contributed by atoms with E-state index in [9.17, 15) is 8.42 Å². The van der Waals surface area contributed by atoms with E-state index in [0.717, 1.165) is 22.5 Å². The van der Waals surface area contributed by atoms with E-state index in [4.69, 9.17) is 0 Å². The number of aromatic nitrogens is 4. The Labute approximate surface area is 176 Å². The Morgan fingerprint density at radius 2 is 1.70 bits per heavy atom. The van der Waals surface area contributed by atoms with Crippen LogP contribution in [0.1, 0.15) is 17.0 Å². The zero-order valence-electron chi connectivity index (χ0n) is 17.1. The summed E-state index contributed by atoms with van der Waals surface area (Å²) in [4.78, 5) is 4.67. The number of imidazole rings is 1. The first-order chi connectivity index (χ1) is 14.3. The molecule has 154 valence electrons. The third-order valence-corrected chi connectivity index (χ3v) is 6.41. The summed E-state index contributed by atoms with van der Waals surface area (Å²) in [5.74, 6) is 0. The molecule has 0 spiro atoms. The zero-order valence-corrected chi connectivity index (χ0v) is 17.9. The first kappa shape index (κ1) is 19.9. The third-order valence-electron chi connectivity index (χ3n) is 5.05. The number of sulfonamides is 1. The molecule has 0 aliphatic carbocycles. The minimum Gasteiger partial charge on any atom is -0.332 e. The second-order valence-corrected chi connectivity index (χ2v) is 8.90. The quantitative estimate of drug-likeness (QED) is 0.514. The van der Waals surface area contributed by atoms with Crippen LogP contribution in [0, 0.1) is 13.8 Å². The molecule has 0 radical (unpaired) electrons. The van der Waals surface area contributed by atoms with Gasteiger partial charge in [-0.15, -0.1) is 0 Å². The molecule has 0 saturated heterocycles. The van der Waals surface area contributed by atoms with E-state index in [0.29, 0.717) is 17.9 Å². The monoisotopic (exact) mass is 421 g/mol. The molecule has 7 nitrogen and oxygen atoms in total. The highest BCUT2D eigenvalue weighted by Gasteiger charge is 2.19. The lowest BCUT2D eigenvalue weighted by atomic mass is 10.2. The number of hydrogen-bond acceptors (Lipinski definition) is 4. The van der Waals surface area contributed by atoms with Crippen molar-refractivity contribution in [2.24, 2.45) is 7.05 Å². The molecule has 2 aromatic carbocycles. The fourth-order valence-electron chi connectivity index (χ4n) is 3.30. The standard InChI is InChI=1S/C22H23N5O2S/c1-16-22(17(2)26(3)24-16)25-30(28,29)20-11-9-18(10-12-20)13-27-14-21(23-15-27)19-7-5-4-6-8-19/h4-12,14-15,25H,13H2,1-3H3. The molecule has 30 heavy (non-hydrogen) atoms. The Hall–Kier alpha value is -3.39.